The summed E-state index contributed by atoms with van der Waals surface area (Å²) in [6.07, 6.45) is 10.2. The molecule has 1 aromatic carbocycles. The Morgan fingerprint density at radius 1 is 1.09 bits per heavy atom. The van der Waals surface area contributed by atoms with E-state index in [2.05, 4.69) is 67.0 Å². The molecule has 182 valence electrons. The van der Waals surface area contributed by atoms with Crippen molar-refractivity contribution in [3.8, 4) is 0 Å². The molecule has 1 heterocycles. The zero-order valence-corrected chi connectivity index (χ0v) is 22.1. The minimum absolute atomic E-state index is 0.105. The second-order valence-electron chi connectivity index (χ2n) is 12.3. The van der Waals surface area contributed by atoms with Gasteiger partial charge in [-0.15, -0.1) is 0 Å². The number of benzene rings is 1. The molecule has 0 spiro atoms. The van der Waals surface area contributed by atoms with E-state index in [9.17, 15) is 4.79 Å². The SMILES string of the molecule is CC(=O)O[C@H]1CC[C@@]2(C)[C@@H](CC[C@@H]3[C@@H]2CC[C@]2(C)c4sc(C)[n+](Cc5ccccc5)c4C[C@@H]32)C1. The van der Waals surface area contributed by atoms with Crippen molar-refractivity contribution in [3.63, 3.8) is 0 Å². The average Bonchev–Trinajstić information content (AvgIpc) is 3.27. The monoisotopic (exact) mass is 478 g/mol. The number of aromatic nitrogens is 1. The van der Waals surface area contributed by atoms with Gasteiger partial charge >= 0.3 is 5.97 Å². The molecule has 7 atom stereocenters. The van der Waals surface area contributed by atoms with E-state index in [1.807, 2.05) is 0 Å². The van der Waals surface area contributed by atoms with Crippen molar-refractivity contribution >= 4 is 17.3 Å². The summed E-state index contributed by atoms with van der Waals surface area (Å²) >= 11 is 2.09. The molecule has 0 bridgehead atoms. The summed E-state index contributed by atoms with van der Waals surface area (Å²) in [4.78, 5) is 13.3. The molecule has 0 amide bonds. The first-order valence-corrected chi connectivity index (χ1v) is 14.3. The summed E-state index contributed by atoms with van der Waals surface area (Å²) in [5.74, 6) is 3.08. The third-order valence-corrected chi connectivity index (χ3v) is 12.1. The van der Waals surface area contributed by atoms with E-state index in [1.165, 1.54) is 49.1 Å². The maximum Gasteiger partial charge on any atom is 0.302 e. The van der Waals surface area contributed by atoms with E-state index in [1.54, 1.807) is 17.5 Å². The smallest absolute Gasteiger partial charge is 0.302 e. The lowest BCUT2D eigenvalue weighted by molar-refractivity contribution is -0.696. The molecule has 2 aromatic rings. The molecule has 0 radical (unpaired) electrons. The fourth-order valence-electron chi connectivity index (χ4n) is 8.94. The summed E-state index contributed by atoms with van der Waals surface area (Å²) in [5, 5.41) is 1.47. The molecule has 3 fully saturated rings. The molecule has 0 saturated heterocycles. The maximum absolute atomic E-state index is 11.6. The van der Waals surface area contributed by atoms with Gasteiger partial charge in [-0.3, -0.25) is 4.79 Å². The van der Waals surface area contributed by atoms with Crippen molar-refractivity contribution in [3.05, 3.63) is 51.5 Å². The van der Waals surface area contributed by atoms with Crippen LogP contribution in [0.15, 0.2) is 30.3 Å². The minimum Gasteiger partial charge on any atom is -0.463 e. The van der Waals surface area contributed by atoms with Gasteiger partial charge in [-0.25, -0.2) is 0 Å². The molecule has 6 rings (SSSR count). The van der Waals surface area contributed by atoms with E-state index >= 15 is 0 Å². The fraction of sp³-hybridized carbons (Fsp3) is 0.667. The van der Waals surface area contributed by atoms with Gasteiger partial charge in [0.2, 0.25) is 5.01 Å². The van der Waals surface area contributed by atoms with Crippen molar-refractivity contribution in [2.75, 3.05) is 0 Å². The standard InChI is InChI=1S/C30H40NO2S/c1-19-31(18-21-8-6-5-7-9-21)27-17-26-24-11-10-22-16-23(33-20(2)32)12-14-29(22,3)25(24)13-15-30(26,4)28(27)34-19/h5-9,22-26H,10-18H2,1-4H3/q+1/t22-,23-,24+,25-,26-,29-,30-/m0/s1. The van der Waals surface area contributed by atoms with Crippen molar-refractivity contribution in [2.24, 2.45) is 29.1 Å². The van der Waals surface area contributed by atoms with Crippen LogP contribution in [0.2, 0.25) is 0 Å². The van der Waals surface area contributed by atoms with Gasteiger partial charge in [0.25, 0.3) is 0 Å². The summed E-state index contributed by atoms with van der Waals surface area (Å²) in [6.45, 7) is 10.1. The lowest BCUT2D eigenvalue weighted by Gasteiger charge is -2.60. The molecule has 0 aliphatic heterocycles. The van der Waals surface area contributed by atoms with E-state index in [0.717, 1.165) is 43.1 Å². The Labute approximate surface area is 208 Å². The first-order valence-electron chi connectivity index (χ1n) is 13.5. The highest BCUT2D eigenvalue weighted by Crippen LogP contribution is 2.66. The molecule has 34 heavy (non-hydrogen) atoms. The number of hydrogen-bond donors (Lipinski definition) is 0. The first kappa shape index (κ1) is 22.8. The Bertz CT molecular complexity index is 1090. The molecule has 4 aliphatic carbocycles. The number of hydrogen-bond acceptors (Lipinski definition) is 3. The molecular formula is C30H40NO2S+. The highest BCUT2D eigenvalue weighted by atomic mass is 32.1. The van der Waals surface area contributed by atoms with Crippen molar-refractivity contribution < 1.29 is 14.1 Å². The van der Waals surface area contributed by atoms with Gasteiger partial charge in [0, 0.05) is 31.2 Å². The quantitative estimate of drug-likeness (QED) is 0.378. The second kappa shape index (κ2) is 8.18. The van der Waals surface area contributed by atoms with Gasteiger partial charge in [0.1, 0.15) is 6.10 Å². The lowest BCUT2D eigenvalue weighted by Crippen LogP contribution is -2.54. The molecule has 0 N–H and O–H groups in total. The topological polar surface area (TPSA) is 30.2 Å². The second-order valence-corrected chi connectivity index (χ2v) is 13.5. The van der Waals surface area contributed by atoms with Crippen LogP contribution in [0, 0.1) is 36.0 Å². The number of aryl methyl sites for hydroxylation is 1. The molecule has 0 unspecified atom stereocenters. The Hall–Kier alpha value is -1.68. The van der Waals surface area contributed by atoms with E-state index < -0.39 is 0 Å². The molecule has 1 aromatic heterocycles. The van der Waals surface area contributed by atoms with Crippen LogP contribution in [0.25, 0.3) is 0 Å². The number of ether oxygens (including phenoxy) is 1. The van der Waals surface area contributed by atoms with Gasteiger partial charge in [0.05, 0.1) is 4.88 Å². The zero-order chi connectivity index (χ0) is 23.7. The summed E-state index contributed by atoms with van der Waals surface area (Å²) in [6, 6.07) is 11.0. The number of carbonyl (C=O) groups is 1. The van der Waals surface area contributed by atoms with Crippen LogP contribution in [0.3, 0.4) is 0 Å². The Morgan fingerprint density at radius 3 is 2.65 bits per heavy atom. The van der Waals surface area contributed by atoms with Crippen LogP contribution < -0.4 is 4.57 Å². The van der Waals surface area contributed by atoms with Crippen LogP contribution in [-0.2, 0) is 27.9 Å². The number of thiazole rings is 1. The molecule has 4 heteroatoms. The largest absolute Gasteiger partial charge is 0.463 e. The van der Waals surface area contributed by atoms with Crippen LogP contribution >= 0.6 is 11.3 Å². The van der Waals surface area contributed by atoms with E-state index in [-0.39, 0.29) is 12.1 Å². The summed E-state index contributed by atoms with van der Waals surface area (Å²) in [7, 11) is 0. The molecule has 4 aliphatic rings. The number of fused-ring (bicyclic) bond motifs is 7. The number of carbonyl (C=O) groups excluding carboxylic acids is 1. The van der Waals surface area contributed by atoms with Crippen molar-refractivity contribution in [2.45, 2.75) is 97.1 Å². The molecule has 3 nitrogen and oxygen atoms in total. The maximum atomic E-state index is 11.6. The van der Waals surface area contributed by atoms with Gasteiger partial charge in [0.15, 0.2) is 12.2 Å². The fourth-order valence-corrected chi connectivity index (χ4v) is 10.3. The van der Waals surface area contributed by atoms with E-state index in [0.29, 0.717) is 10.8 Å². The molecule has 3 saturated carbocycles. The predicted molar refractivity (Wildman–Crippen MR) is 136 cm³/mol. The lowest BCUT2D eigenvalue weighted by atomic mass is 9.45. The van der Waals surface area contributed by atoms with Crippen LogP contribution in [0.1, 0.15) is 86.9 Å². The van der Waals surface area contributed by atoms with Gasteiger partial charge in [-0.1, -0.05) is 55.5 Å². The molecular weight excluding hydrogens is 438 g/mol. The summed E-state index contributed by atoms with van der Waals surface area (Å²) in [5.41, 5.74) is 3.83. The minimum atomic E-state index is -0.105. The van der Waals surface area contributed by atoms with Gasteiger partial charge in [-0.05, 0) is 74.0 Å². The third-order valence-electron chi connectivity index (χ3n) is 10.7. The zero-order valence-electron chi connectivity index (χ0n) is 21.3. The van der Waals surface area contributed by atoms with Crippen LogP contribution in [0.5, 0.6) is 0 Å². The Balaban J connectivity index is 1.26. The highest BCUT2D eigenvalue weighted by Gasteiger charge is 2.61. The van der Waals surface area contributed by atoms with Gasteiger partial charge < -0.3 is 4.74 Å². The summed E-state index contributed by atoms with van der Waals surface area (Å²) < 4.78 is 8.32. The van der Waals surface area contributed by atoms with E-state index in [4.69, 9.17) is 4.74 Å². The predicted octanol–water partition coefficient (Wildman–Crippen LogP) is 6.38. The average molecular weight is 479 g/mol. The van der Waals surface area contributed by atoms with Crippen LogP contribution in [-0.4, -0.2) is 12.1 Å². The number of esters is 1. The van der Waals surface area contributed by atoms with Gasteiger partial charge in [-0.2, -0.15) is 4.57 Å². The van der Waals surface area contributed by atoms with Crippen LogP contribution in [0.4, 0.5) is 0 Å². The highest BCUT2D eigenvalue weighted by molar-refractivity contribution is 7.11. The van der Waals surface area contributed by atoms with Crippen molar-refractivity contribution in [1.82, 2.24) is 0 Å². The third kappa shape index (κ3) is 3.42. The number of rotatable bonds is 3. The normalized spacial score (nSPS) is 38.4. The van der Waals surface area contributed by atoms with Crippen molar-refractivity contribution in [1.29, 1.82) is 0 Å². The Morgan fingerprint density at radius 2 is 1.88 bits per heavy atom. The number of nitrogens with zero attached hydrogens (tertiary/aromatic N) is 1. The first-order chi connectivity index (χ1) is 16.3. The Kier molecular flexibility index (Phi) is 5.48.